The lowest BCUT2D eigenvalue weighted by atomic mass is 10.1. The van der Waals surface area contributed by atoms with E-state index in [0.29, 0.717) is 0 Å². The molecule has 0 saturated heterocycles. The van der Waals surface area contributed by atoms with Crippen LogP contribution in [0.25, 0.3) is 80.4 Å². The molecule has 3 aromatic heterocycles. The van der Waals surface area contributed by atoms with Gasteiger partial charge in [-0.2, -0.15) is 0 Å². The van der Waals surface area contributed by atoms with Gasteiger partial charge in [0, 0.05) is 60.1 Å². The molecule has 0 aliphatic carbocycles. The van der Waals surface area contributed by atoms with E-state index in [1.165, 1.54) is 52.8 Å². The van der Waals surface area contributed by atoms with Crippen molar-refractivity contribution in [1.29, 1.82) is 0 Å². The Kier molecular flexibility index (Phi) is 5.83. The fourth-order valence-electron chi connectivity index (χ4n) is 7.88. The summed E-state index contributed by atoms with van der Waals surface area (Å²) in [5.41, 5.74) is 8.57. The summed E-state index contributed by atoms with van der Waals surface area (Å²) in [6, 6.07) is 61.3. The average molecular weight is 657 g/mol. The van der Waals surface area contributed by atoms with E-state index in [1.807, 2.05) is 11.3 Å². The number of hydrogen-bond donors (Lipinski definition) is 0. The quantitative estimate of drug-likeness (QED) is 0.188. The van der Waals surface area contributed by atoms with Gasteiger partial charge in [-0.25, -0.2) is 0 Å². The monoisotopic (exact) mass is 656 g/mol. The van der Waals surface area contributed by atoms with Gasteiger partial charge >= 0.3 is 0 Å². The highest BCUT2D eigenvalue weighted by atomic mass is 32.1. The maximum atomic E-state index is 6.62. The van der Waals surface area contributed by atoms with Crippen molar-refractivity contribution in [1.82, 2.24) is 4.57 Å². The van der Waals surface area contributed by atoms with E-state index in [1.54, 1.807) is 0 Å². The SMILES string of the molecule is c1ccc(-n2c3ccccc3c3ccc(N(c4ccc5c(c4)oc4cc6ccccc6cc45)c4cccc5c4sc4ccccc45)cc32)cc1. The zero-order chi connectivity index (χ0) is 32.8. The zero-order valence-electron chi connectivity index (χ0n) is 26.9. The van der Waals surface area contributed by atoms with Crippen LogP contribution in [0, 0.1) is 0 Å². The second-order valence-corrected chi connectivity index (χ2v) is 14.0. The lowest BCUT2D eigenvalue weighted by Crippen LogP contribution is -2.10. The maximum Gasteiger partial charge on any atom is 0.137 e. The Hall–Kier alpha value is -6.36. The molecular formula is C46H28N2OS. The fourth-order valence-corrected chi connectivity index (χ4v) is 9.09. The molecule has 0 radical (unpaired) electrons. The number of aromatic nitrogens is 1. The molecule has 4 heteroatoms. The first-order valence-corrected chi connectivity index (χ1v) is 17.7. The molecule has 0 fully saturated rings. The summed E-state index contributed by atoms with van der Waals surface area (Å²) in [7, 11) is 0. The molecule has 0 N–H and O–H groups in total. The van der Waals surface area contributed by atoms with Crippen molar-refractivity contribution in [2.45, 2.75) is 0 Å². The van der Waals surface area contributed by atoms with Crippen LogP contribution in [-0.2, 0) is 0 Å². The summed E-state index contributed by atoms with van der Waals surface area (Å²) in [6.07, 6.45) is 0. The highest BCUT2D eigenvalue weighted by molar-refractivity contribution is 7.26. The van der Waals surface area contributed by atoms with Gasteiger partial charge in [-0.05, 0) is 77.5 Å². The second kappa shape index (κ2) is 10.6. The topological polar surface area (TPSA) is 21.3 Å². The molecule has 3 nitrogen and oxygen atoms in total. The molecule has 234 valence electrons. The number of anilines is 3. The number of para-hydroxylation sites is 2. The molecule has 0 unspecified atom stereocenters. The third-order valence-electron chi connectivity index (χ3n) is 10.1. The predicted octanol–water partition coefficient (Wildman–Crippen LogP) is 13.7. The molecule has 11 aromatic rings. The van der Waals surface area contributed by atoms with Crippen LogP contribution in [-0.4, -0.2) is 4.57 Å². The summed E-state index contributed by atoms with van der Waals surface area (Å²) in [5, 5.41) is 9.68. The van der Waals surface area contributed by atoms with Crippen LogP contribution < -0.4 is 4.90 Å². The van der Waals surface area contributed by atoms with Crippen LogP contribution in [0.3, 0.4) is 0 Å². The van der Waals surface area contributed by atoms with Crippen LogP contribution in [0.2, 0.25) is 0 Å². The maximum absolute atomic E-state index is 6.62. The van der Waals surface area contributed by atoms with Crippen LogP contribution in [0.1, 0.15) is 0 Å². The first-order chi connectivity index (χ1) is 24.8. The zero-order valence-corrected chi connectivity index (χ0v) is 27.7. The van der Waals surface area contributed by atoms with E-state index in [2.05, 4.69) is 179 Å². The molecule has 3 heterocycles. The molecule has 0 amide bonds. The summed E-state index contributed by atoms with van der Waals surface area (Å²) in [4.78, 5) is 2.41. The van der Waals surface area contributed by atoms with Gasteiger partial charge in [0.1, 0.15) is 11.2 Å². The van der Waals surface area contributed by atoms with Crippen molar-refractivity contribution in [2.24, 2.45) is 0 Å². The van der Waals surface area contributed by atoms with Gasteiger partial charge in [0.2, 0.25) is 0 Å². The van der Waals surface area contributed by atoms with Crippen molar-refractivity contribution < 1.29 is 4.42 Å². The summed E-state index contributed by atoms with van der Waals surface area (Å²) in [6.45, 7) is 0. The van der Waals surface area contributed by atoms with Crippen molar-refractivity contribution >= 4 is 103 Å². The van der Waals surface area contributed by atoms with Crippen LogP contribution in [0.15, 0.2) is 174 Å². The second-order valence-electron chi connectivity index (χ2n) is 13.0. The van der Waals surface area contributed by atoms with Gasteiger partial charge in [-0.1, -0.05) is 97.1 Å². The minimum absolute atomic E-state index is 0.876. The Morgan fingerprint density at radius 1 is 0.440 bits per heavy atom. The van der Waals surface area contributed by atoms with E-state index in [9.17, 15) is 0 Å². The van der Waals surface area contributed by atoms with E-state index in [-0.39, 0.29) is 0 Å². The minimum atomic E-state index is 0.876. The highest BCUT2D eigenvalue weighted by Crippen LogP contribution is 2.47. The van der Waals surface area contributed by atoms with E-state index in [4.69, 9.17) is 4.42 Å². The van der Waals surface area contributed by atoms with Crippen molar-refractivity contribution in [3.05, 3.63) is 170 Å². The third-order valence-corrected chi connectivity index (χ3v) is 11.3. The molecule has 0 aliphatic heterocycles. The van der Waals surface area contributed by atoms with Gasteiger partial charge in [0.25, 0.3) is 0 Å². The Balaban J connectivity index is 1.20. The van der Waals surface area contributed by atoms with E-state index < -0.39 is 0 Å². The lowest BCUT2D eigenvalue weighted by Gasteiger charge is -2.26. The summed E-state index contributed by atoms with van der Waals surface area (Å²) < 4.78 is 11.6. The van der Waals surface area contributed by atoms with Gasteiger partial charge in [0.05, 0.1) is 21.4 Å². The van der Waals surface area contributed by atoms with E-state index >= 15 is 0 Å². The van der Waals surface area contributed by atoms with Gasteiger partial charge in [-0.3, -0.25) is 0 Å². The number of fused-ring (bicyclic) bond motifs is 10. The Morgan fingerprint density at radius 2 is 1.10 bits per heavy atom. The third kappa shape index (κ3) is 4.03. The normalized spacial score (nSPS) is 12.0. The largest absolute Gasteiger partial charge is 0.456 e. The Morgan fingerprint density at radius 3 is 1.98 bits per heavy atom. The van der Waals surface area contributed by atoms with Crippen molar-refractivity contribution in [3.8, 4) is 5.69 Å². The summed E-state index contributed by atoms with van der Waals surface area (Å²) in [5.74, 6) is 0. The van der Waals surface area contributed by atoms with Crippen LogP contribution in [0.4, 0.5) is 17.1 Å². The molecule has 0 spiro atoms. The molecule has 0 bridgehead atoms. The van der Waals surface area contributed by atoms with Gasteiger partial charge in [-0.15, -0.1) is 11.3 Å². The molecule has 0 saturated carbocycles. The van der Waals surface area contributed by atoms with Crippen molar-refractivity contribution in [2.75, 3.05) is 4.90 Å². The highest BCUT2D eigenvalue weighted by Gasteiger charge is 2.21. The molecule has 0 atom stereocenters. The smallest absolute Gasteiger partial charge is 0.137 e. The number of rotatable bonds is 4. The molecule has 0 aliphatic rings. The summed E-state index contributed by atoms with van der Waals surface area (Å²) >= 11 is 1.85. The first kappa shape index (κ1) is 27.6. The van der Waals surface area contributed by atoms with E-state index in [0.717, 1.165) is 44.7 Å². The Labute approximate surface area is 291 Å². The van der Waals surface area contributed by atoms with Crippen LogP contribution in [0.5, 0.6) is 0 Å². The number of nitrogens with zero attached hydrogens (tertiary/aromatic N) is 2. The van der Waals surface area contributed by atoms with Crippen molar-refractivity contribution in [3.63, 3.8) is 0 Å². The lowest BCUT2D eigenvalue weighted by molar-refractivity contribution is 0.669. The van der Waals surface area contributed by atoms with Gasteiger partial charge in [0.15, 0.2) is 0 Å². The standard InChI is InChI=1S/C46H28N2OS/c1-2-13-31(14-3-1)48-40-18-8-6-15-34(40)35-23-21-32(27-42(35)48)47(41-19-10-17-38-37-16-7-9-20-45(37)50-46(38)41)33-22-24-36-39-25-29-11-4-5-12-30(29)26-43(39)49-44(36)28-33/h1-28H. The predicted molar refractivity (Wildman–Crippen MR) is 213 cm³/mol. The molecular weight excluding hydrogens is 629 g/mol. The molecule has 8 aromatic carbocycles. The number of hydrogen-bond acceptors (Lipinski definition) is 3. The minimum Gasteiger partial charge on any atom is -0.456 e. The number of thiophene rings is 1. The molecule has 11 rings (SSSR count). The average Bonchev–Trinajstić information content (AvgIpc) is 3.83. The first-order valence-electron chi connectivity index (χ1n) is 16.9. The Bertz CT molecular complexity index is 3110. The molecule has 50 heavy (non-hydrogen) atoms. The number of furan rings is 1. The fraction of sp³-hybridized carbons (Fsp3) is 0. The number of benzene rings is 8. The van der Waals surface area contributed by atoms with Crippen LogP contribution >= 0.6 is 11.3 Å². The van der Waals surface area contributed by atoms with Gasteiger partial charge < -0.3 is 13.9 Å².